The molecule has 0 bridgehead atoms. The van der Waals surface area contributed by atoms with Crippen LogP contribution >= 0.6 is 0 Å². The van der Waals surface area contributed by atoms with E-state index in [0.29, 0.717) is 13.1 Å². The Morgan fingerprint density at radius 3 is 1.38 bits per heavy atom. The number of halogens is 3. The third-order valence-corrected chi connectivity index (χ3v) is 6.62. The van der Waals surface area contributed by atoms with Gasteiger partial charge in [-0.1, -0.05) is 117 Å². The minimum atomic E-state index is -1.57. The first-order valence-electron chi connectivity index (χ1n) is 14.0. The van der Waals surface area contributed by atoms with Crippen molar-refractivity contribution in [2.45, 2.75) is 129 Å². The number of carbonyl (C=O) groups excluding carboxylic acids is 1. The van der Waals surface area contributed by atoms with Gasteiger partial charge in [-0.2, -0.15) is 0 Å². The monoisotopic (exact) mass is 483 g/mol. The lowest BCUT2D eigenvalue weighted by molar-refractivity contribution is 0.0743. The molecule has 0 saturated heterocycles. The normalized spacial score (nSPS) is 11.2. The summed E-state index contributed by atoms with van der Waals surface area (Å²) >= 11 is 0. The highest BCUT2D eigenvalue weighted by Gasteiger charge is 2.23. The summed E-state index contributed by atoms with van der Waals surface area (Å²) < 4.78 is 41.3. The van der Waals surface area contributed by atoms with Crippen LogP contribution in [0.5, 0.6) is 0 Å². The van der Waals surface area contributed by atoms with Crippen LogP contribution in [-0.2, 0) is 0 Å². The number of unbranched alkanes of at least 4 members (excludes halogenated alkanes) is 16. The molecule has 0 fully saturated rings. The maximum Gasteiger partial charge on any atom is 0.256 e. The Hall–Kier alpha value is -1.52. The van der Waals surface area contributed by atoms with Crippen molar-refractivity contribution >= 4 is 5.91 Å². The molecule has 0 heterocycles. The van der Waals surface area contributed by atoms with Gasteiger partial charge in [0, 0.05) is 13.1 Å². The maximum atomic E-state index is 14.2. The smallest absolute Gasteiger partial charge is 0.256 e. The van der Waals surface area contributed by atoms with Crippen LogP contribution < -0.4 is 0 Å². The van der Waals surface area contributed by atoms with E-state index in [1.165, 1.54) is 77.0 Å². The van der Waals surface area contributed by atoms with Crippen molar-refractivity contribution in [2.24, 2.45) is 0 Å². The van der Waals surface area contributed by atoms with E-state index < -0.39 is 23.4 Å². The van der Waals surface area contributed by atoms with Crippen LogP contribution in [0.15, 0.2) is 12.1 Å². The van der Waals surface area contributed by atoms with Crippen LogP contribution in [0.2, 0.25) is 0 Å². The summed E-state index contributed by atoms with van der Waals surface area (Å²) in [6, 6.07) is 1.90. The largest absolute Gasteiger partial charge is 0.339 e. The van der Waals surface area contributed by atoms with Gasteiger partial charge in [0.1, 0.15) is 0 Å². The average molecular weight is 484 g/mol. The van der Waals surface area contributed by atoms with Crippen LogP contribution in [0.4, 0.5) is 13.2 Å². The zero-order valence-electron chi connectivity index (χ0n) is 21.8. The number of benzene rings is 1. The van der Waals surface area contributed by atoms with Gasteiger partial charge in [0.2, 0.25) is 0 Å². The van der Waals surface area contributed by atoms with Gasteiger partial charge in [0.05, 0.1) is 5.56 Å². The van der Waals surface area contributed by atoms with Gasteiger partial charge in [-0.3, -0.25) is 4.79 Å². The van der Waals surface area contributed by atoms with E-state index in [1.54, 1.807) is 4.90 Å². The van der Waals surface area contributed by atoms with E-state index in [2.05, 4.69) is 13.8 Å². The van der Waals surface area contributed by atoms with Crippen LogP contribution in [0.1, 0.15) is 140 Å². The number of rotatable bonds is 21. The van der Waals surface area contributed by atoms with E-state index in [0.717, 1.165) is 50.7 Å². The minimum Gasteiger partial charge on any atom is -0.339 e. The first-order chi connectivity index (χ1) is 16.5. The number of hydrogen-bond acceptors (Lipinski definition) is 1. The second-order valence-electron chi connectivity index (χ2n) is 9.67. The molecule has 0 spiro atoms. The highest BCUT2D eigenvalue weighted by molar-refractivity contribution is 5.94. The Balaban J connectivity index is 2.47. The molecule has 1 aromatic rings. The summed E-state index contributed by atoms with van der Waals surface area (Å²) in [6.45, 7) is 5.50. The fraction of sp³-hybridized carbons (Fsp3) is 0.759. The van der Waals surface area contributed by atoms with Crippen molar-refractivity contribution in [1.82, 2.24) is 4.90 Å². The standard InChI is InChI=1S/C29H48F3NO/c1-3-5-7-9-11-13-15-17-19-23-33(24-20-18-16-14-12-10-8-6-4-2)29(34)25-21-22-26(30)28(32)27(25)31/h21-22H,3-20,23-24H2,1-2H3. The van der Waals surface area contributed by atoms with Crippen molar-refractivity contribution < 1.29 is 18.0 Å². The Bertz CT molecular complexity index is 643. The van der Waals surface area contributed by atoms with Gasteiger partial charge in [-0.05, 0) is 25.0 Å². The van der Waals surface area contributed by atoms with Gasteiger partial charge >= 0.3 is 0 Å². The van der Waals surface area contributed by atoms with Crippen LogP contribution in [0.3, 0.4) is 0 Å². The number of nitrogens with zero attached hydrogens (tertiary/aromatic N) is 1. The fourth-order valence-electron chi connectivity index (χ4n) is 4.40. The molecule has 0 N–H and O–H groups in total. The van der Waals surface area contributed by atoms with Gasteiger partial charge < -0.3 is 4.90 Å². The molecule has 5 heteroatoms. The maximum absolute atomic E-state index is 14.2. The van der Waals surface area contributed by atoms with Gasteiger partial charge in [-0.15, -0.1) is 0 Å². The Morgan fingerprint density at radius 1 is 0.588 bits per heavy atom. The third kappa shape index (κ3) is 12.8. The van der Waals surface area contributed by atoms with Gasteiger partial charge in [0.25, 0.3) is 5.91 Å². The van der Waals surface area contributed by atoms with Crippen molar-refractivity contribution in [3.63, 3.8) is 0 Å². The van der Waals surface area contributed by atoms with Gasteiger partial charge in [-0.25, -0.2) is 13.2 Å². The molecule has 196 valence electrons. The zero-order chi connectivity index (χ0) is 25.0. The Labute approximate surface area is 206 Å². The average Bonchev–Trinajstić information content (AvgIpc) is 2.83. The topological polar surface area (TPSA) is 20.3 Å². The molecular weight excluding hydrogens is 435 g/mol. The van der Waals surface area contributed by atoms with Crippen molar-refractivity contribution in [1.29, 1.82) is 0 Å². The number of carbonyl (C=O) groups is 1. The lowest BCUT2D eigenvalue weighted by atomic mass is 10.1. The molecule has 1 amide bonds. The molecule has 0 unspecified atom stereocenters. The predicted octanol–water partition coefficient (Wildman–Crippen LogP) is 9.61. The van der Waals surface area contributed by atoms with E-state index in [9.17, 15) is 18.0 Å². The molecule has 1 aromatic carbocycles. The molecule has 34 heavy (non-hydrogen) atoms. The highest BCUT2D eigenvalue weighted by atomic mass is 19.2. The number of amides is 1. The summed E-state index contributed by atoms with van der Waals surface area (Å²) in [6.07, 6.45) is 21.2. The second kappa shape index (κ2) is 19.8. The highest BCUT2D eigenvalue weighted by Crippen LogP contribution is 2.19. The third-order valence-electron chi connectivity index (χ3n) is 6.62. The second-order valence-corrected chi connectivity index (χ2v) is 9.67. The van der Waals surface area contributed by atoms with Crippen molar-refractivity contribution in [3.05, 3.63) is 35.1 Å². The molecule has 1 rings (SSSR count). The van der Waals surface area contributed by atoms with Crippen LogP contribution in [0, 0.1) is 17.5 Å². The lowest BCUT2D eigenvalue weighted by Crippen LogP contribution is -2.34. The molecule has 0 aromatic heterocycles. The van der Waals surface area contributed by atoms with Crippen molar-refractivity contribution in [2.75, 3.05) is 13.1 Å². The van der Waals surface area contributed by atoms with Crippen LogP contribution in [0.25, 0.3) is 0 Å². The first-order valence-corrected chi connectivity index (χ1v) is 14.0. The molecule has 0 aliphatic rings. The molecule has 0 aliphatic carbocycles. The first kappa shape index (κ1) is 30.5. The molecule has 0 atom stereocenters. The molecule has 0 saturated carbocycles. The SMILES string of the molecule is CCCCCCCCCCCN(CCCCCCCCCCC)C(=O)c1ccc(F)c(F)c1F. The van der Waals surface area contributed by atoms with Gasteiger partial charge in [0.15, 0.2) is 17.5 Å². The van der Waals surface area contributed by atoms with Crippen LogP contribution in [-0.4, -0.2) is 23.9 Å². The quantitative estimate of drug-likeness (QED) is 0.126. The summed E-state index contributed by atoms with van der Waals surface area (Å²) in [5.74, 6) is -4.75. The molecular formula is C29H48F3NO. The molecule has 0 radical (unpaired) electrons. The number of hydrogen-bond donors (Lipinski definition) is 0. The Kier molecular flexibility index (Phi) is 17.7. The van der Waals surface area contributed by atoms with E-state index >= 15 is 0 Å². The summed E-state index contributed by atoms with van der Waals surface area (Å²) in [5, 5.41) is 0. The fourth-order valence-corrected chi connectivity index (χ4v) is 4.40. The zero-order valence-corrected chi connectivity index (χ0v) is 21.8. The molecule has 0 aliphatic heterocycles. The predicted molar refractivity (Wildman–Crippen MR) is 137 cm³/mol. The summed E-state index contributed by atoms with van der Waals surface area (Å²) in [4.78, 5) is 14.6. The summed E-state index contributed by atoms with van der Waals surface area (Å²) in [5.41, 5.74) is -0.370. The van der Waals surface area contributed by atoms with Crippen molar-refractivity contribution in [3.8, 4) is 0 Å². The lowest BCUT2D eigenvalue weighted by Gasteiger charge is -2.23. The van der Waals surface area contributed by atoms with E-state index in [4.69, 9.17) is 0 Å². The Morgan fingerprint density at radius 2 is 0.971 bits per heavy atom. The van der Waals surface area contributed by atoms with E-state index in [1.807, 2.05) is 0 Å². The molecule has 2 nitrogen and oxygen atoms in total. The summed E-state index contributed by atoms with van der Waals surface area (Å²) in [7, 11) is 0. The van der Waals surface area contributed by atoms with E-state index in [-0.39, 0.29) is 5.56 Å². The minimum absolute atomic E-state index is 0.370.